The lowest BCUT2D eigenvalue weighted by Gasteiger charge is -2.08. The molecule has 24 heavy (non-hydrogen) atoms. The predicted octanol–water partition coefficient (Wildman–Crippen LogP) is 2.63. The fourth-order valence-electron chi connectivity index (χ4n) is 2.28. The normalized spacial score (nSPS) is 10.3. The number of benzene rings is 1. The van der Waals surface area contributed by atoms with E-state index in [1.807, 2.05) is 25.1 Å². The molecule has 0 aliphatic carbocycles. The number of aromatic nitrogens is 3. The van der Waals surface area contributed by atoms with Crippen molar-refractivity contribution in [3.05, 3.63) is 40.7 Å². The summed E-state index contributed by atoms with van der Waals surface area (Å²) in [6.45, 7) is 6.25. The van der Waals surface area contributed by atoms with Gasteiger partial charge >= 0.3 is 0 Å². The van der Waals surface area contributed by atoms with Crippen molar-refractivity contribution in [3.8, 4) is 5.69 Å². The van der Waals surface area contributed by atoms with Gasteiger partial charge in [-0.15, -0.1) is 17.5 Å². The van der Waals surface area contributed by atoms with Gasteiger partial charge in [0.15, 0.2) is 5.69 Å². The van der Waals surface area contributed by atoms with Crippen LogP contribution in [0.5, 0.6) is 0 Å². The van der Waals surface area contributed by atoms with Gasteiger partial charge in [0.1, 0.15) is 0 Å². The topological polar surface area (TPSA) is 71.8 Å². The summed E-state index contributed by atoms with van der Waals surface area (Å²) in [5.41, 5.74) is 1.99. The van der Waals surface area contributed by atoms with Crippen LogP contribution < -0.4 is 10.6 Å². The fourth-order valence-corrected chi connectivity index (χ4v) is 2.46. The van der Waals surface area contributed by atoms with Crippen molar-refractivity contribution < 1.29 is 4.79 Å². The van der Waals surface area contributed by atoms with Gasteiger partial charge in [-0.3, -0.25) is 4.79 Å². The fraction of sp³-hybridized carbons (Fsp3) is 0.438. The second kappa shape index (κ2) is 10.3. The number of likely N-dealkylation sites (N-methyl/N-ethyl adjacent to an activating group) is 1. The van der Waals surface area contributed by atoms with Gasteiger partial charge < -0.3 is 10.6 Å². The van der Waals surface area contributed by atoms with Crippen LogP contribution in [0.15, 0.2) is 24.3 Å². The lowest BCUT2D eigenvalue weighted by atomic mass is 10.2. The van der Waals surface area contributed by atoms with E-state index in [-0.39, 0.29) is 18.3 Å². The van der Waals surface area contributed by atoms with Crippen LogP contribution in [0.1, 0.15) is 36.5 Å². The zero-order chi connectivity index (χ0) is 16.7. The van der Waals surface area contributed by atoms with E-state index < -0.39 is 0 Å². The predicted molar refractivity (Wildman–Crippen MR) is 98.5 cm³/mol. The molecule has 1 amide bonds. The van der Waals surface area contributed by atoms with Crippen LogP contribution in [0.2, 0.25) is 5.02 Å². The highest BCUT2D eigenvalue weighted by Crippen LogP contribution is 2.18. The first kappa shape index (κ1) is 20.4. The molecule has 2 aromatic rings. The van der Waals surface area contributed by atoms with Gasteiger partial charge in [-0.1, -0.05) is 43.1 Å². The van der Waals surface area contributed by atoms with Crippen LogP contribution in [0.4, 0.5) is 0 Å². The van der Waals surface area contributed by atoms with E-state index in [2.05, 4.69) is 27.9 Å². The van der Waals surface area contributed by atoms with E-state index in [9.17, 15) is 4.79 Å². The van der Waals surface area contributed by atoms with Crippen LogP contribution >= 0.6 is 24.0 Å². The Morgan fingerprint density at radius 1 is 1.29 bits per heavy atom. The molecule has 0 aliphatic heterocycles. The molecule has 1 aromatic heterocycles. The molecule has 0 radical (unpaired) electrons. The molecule has 132 valence electrons. The van der Waals surface area contributed by atoms with Crippen LogP contribution in [-0.2, 0) is 6.42 Å². The van der Waals surface area contributed by atoms with E-state index in [1.165, 1.54) is 0 Å². The Balaban J connectivity index is 0.00000288. The molecule has 1 heterocycles. The lowest BCUT2D eigenvalue weighted by Crippen LogP contribution is -2.32. The molecule has 0 bridgehead atoms. The number of carbonyl (C=O) groups excluding carboxylic acids is 1. The maximum Gasteiger partial charge on any atom is 0.273 e. The highest BCUT2D eigenvalue weighted by atomic mass is 35.5. The Hall–Kier alpha value is -1.63. The second-order valence-electron chi connectivity index (χ2n) is 5.14. The van der Waals surface area contributed by atoms with Crippen molar-refractivity contribution in [1.29, 1.82) is 0 Å². The van der Waals surface area contributed by atoms with Crippen molar-refractivity contribution >= 4 is 29.9 Å². The number of nitrogens with one attached hydrogen (secondary N) is 2. The van der Waals surface area contributed by atoms with E-state index >= 15 is 0 Å². The first-order chi connectivity index (χ1) is 11.2. The molecule has 0 saturated carbocycles. The molecule has 6 nitrogen and oxygen atoms in total. The Bertz CT molecular complexity index is 660. The van der Waals surface area contributed by atoms with Gasteiger partial charge in [-0.05, 0) is 31.2 Å². The minimum absolute atomic E-state index is 0. The minimum atomic E-state index is -0.195. The van der Waals surface area contributed by atoms with E-state index in [0.717, 1.165) is 37.3 Å². The molecule has 2 rings (SSSR count). The Labute approximate surface area is 153 Å². The average Bonchev–Trinajstić information content (AvgIpc) is 2.95. The van der Waals surface area contributed by atoms with Crippen LogP contribution in [0.25, 0.3) is 5.69 Å². The van der Waals surface area contributed by atoms with E-state index in [0.29, 0.717) is 17.3 Å². The van der Waals surface area contributed by atoms with E-state index in [1.54, 1.807) is 10.7 Å². The minimum Gasteiger partial charge on any atom is -0.349 e. The first-order valence-electron chi connectivity index (χ1n) is 7.86. The maximum atomic E-state index is 12.3. The second-order valence-corrected chi connectivity index (χ2v) is 5.57. The Kier molecular flexibility index (Phi) is 8.74. The maximum absolute atomic E-state index is 12.3. The summed E-state index contributed by atoms with van der Waals surface area (Å²) >= 11 is 6.04. The number of hydrogen-bond acceptors (Lipinski definition) is 4. The molecule has 8 heteroatoms. The highest BCUT2D eigenvalue weighted by molar-refractivity contribution is 6.30. The van der Waals surface area contributed by atoms with E-state index in [4.69, 9.17) is 11.6 Å². The van der Waals surface area contributed by atoms with Crippen molar-refractivity contribution in [1.82, 2.24) is 25.6 Å². The van der Waals surface area contributed by atoms with Crippen LogP contribution in [0.3, 0.4) is 0 Å². The molecule has 2 N–H and O–H groups in total. The van der Waals surface area contributed by atoms with Gasteiger partial charge in [0.2, 0.25) is 0 Å². The van der Waals surface area contributed by atoms with Crippen LogP contribution in [0, 0.1) is 0 Å². The summed E-state index contributed by atoms with van der Waals surface area (Å²) < 4.78 is 1.69. The summed E-state index contributed by atoms with van der Waals surface area (Å²) in [6.07, 6.45) is 1.61. The van der Waals surface area contributed by atoms with Gasteiger partial charge in [-0.2, -0.15) is 0 Å². The van der Waals surface area contributed by atoms with Crippen molar-refractivity contribution in [2.75, 3.05) is 19.6 Å². The number of nitrogens with zero attached hydrogens (tertiary/aromatic N) is 3. The molecule has 0 spiro atoms. The molecule has 1 aromatic carbocycles. The molecule has 0 fully saturated rings. The van der Waals surface area contributed by atoms with Crippen molar-refractivity contribution in [3.63, 3.8) is 0 Å². The molecule has 0 saturated heterocycles. The standard InChI is InChI=1S/C16H22ClN5O.ClH/c1-3-6-14-15(16(23)19-10-9-18-4-2)20-21-22(14)13-8-5-7-12(17)11-13;/h5,7-8,11,18H,3-4,6,9-10H2,1-2H3,(H,19,23);1H. The summed E-state index contributed by atoms with van der Waals surface area (Å²) in [6, 6.07) is 7.36. The molecule has 0 atom stereocenters. The Morgan fingerprint density at radius 3 is 2.75 bits per heavy atom. The SMILES string of the molecule is CCCc1c(C(=O)NCCNCC)nnn1-c1cccc(Cl)c1.Cl. The van der Waals surface area contributed by atoms with Gasteiger partial charge in [0.05, 0.1) is 11.4 Å². The number of carbonyl (C=O) groups is 1. The zero-order valence-electron chi connectivity index (χ0n) is 13.9. The smallest absolute Gasteiger partial charge is 0.273 e. The van der Waals surface area contributed by atoms with Gasteiger partial charge in [-0.25, -0.2) is 4.68 Å². The molecular formula is C16H23Cl2N5O. The first-order valence-corrected chi connectivity index (χ1v) is 8.24. The largest absolute Gasteiger partial charge is 0.349 e. The third kappa shape index (κ3) is 5.19. The number of halogens is 2. The highest BCUT2D eigenvalue weighted by Gasteiger charge is 2.19. The summed E-state index contributed by atoms with van der Waals surface area (Å²) in [4.78, 5) is 12.3. The van der Waals surface area contributed by atoms with Crippen molar-refractivity contribution in [2.24, 2.45) is 0 Å². The molecule has 0 unspecified atom stereocenters. The average molecular weight is 372 g/mol. The van der Waals surface area contributed by atoms with Gasteiger partial charge in [0.25, 0.3) is 5.91 Å². The summed E-state index contributed by atoms with van der Waals surface area (Å²) in [5, 5.41) is 14.9. The number of hydrogen-bond donors (Lipinski definition) is 2. The summed E-state index contributed by atoms with van der Waals surface area (Å²) in [5.74, 6) is -0.195. The van der Waals surface area contributed by atoms with Crippen molar-refractivity contribution in [2.45, 2.75) is 26.7 Å². The molecule has 0 aliphatic rings. The lowest BCUT2D eigenvalue weighted by molar-refractivity contribution is 0.0948. The zero-order valence-corrected chi connectivity index (χ0v) is 15.5. The third-order valence-corrected chi connectivity index (χ3v) is 3.59. The van der Waals surface area contributed by atoms with Gasteiger partial charge in [0, 0.05) is 18.1 Å². The number of rotatable bonds is 8. The molecular weight excluding hydrogens is 349 g/mol. The third-order valence-electron chi connectivity index (χ3n) is 3.36. The van der Waals surface area contributed by atoms with Crippen LogP contribution in [-0.4, -0.2) is 40.5 Å². The summed E-state index contributed by atoms with van der Waals surface area (Å²) in [7, 11) is 0. The monoisotopic (exact) mass is 371 g/mol. The quantitative estimate of drug-likeness (QED) is 0.699. The Morgan fingerprint density at radius 2 is 2.08 bits per heavy atom. The number of amides is 1.